The molecule has 1 atom stereocenters. The molecule has 1 aliphatic heterocycles. The van der Waals surface area contributed by atoms with Gasteiger partial charge in [-0.1, -0.05) is 11.6 Å². The van der Waals surface area contributed by atoms with Crippen LogP contribution >= 0.6 is 23.4 Å². The average Bonchev–Trinajstić information content (AvgIpc) is 2.28. The third-order valence-electron chi connectivity index (χ3n) is 2.73. The monoisotopic (exact) mass is 239 g/mol. The summed E-state index contributed by atoms with van der Waals surface area (Å²) in [5, 5.41) is 19.2. The Hall–Kier alpha value is -0.690. The fraction of sp³-hybridized carbons (Fsp3) is 0.364. The van der Waals surface area contributed by atoms with Gasteiger partial charge in [0.25, 0.3) is 0 Å². The standard InChI is InChI=1S/C11H10ClNOS/c12-8-1-2-10-9(5-8)11(6-13,7-14)3-4-15-10/h1-2,5,14H,3-4,7H2. The van der Waals surface area contributed by atoms with Crippen LogP contribution < -0.4 is 0 Å². The Labute approximate surface area is 97.9 Å². The molecule has 1 heterocycles. The molecule has 2 nitrogen and oxygen atoms in total. The number of halogens is 1. The summed E-state index contributed by atoms with van der Waals surface area (Å²) >= 11 is 7.63. The Morgan fingerprint density at radius 1 is 1.60 bits per heavy atom. The van der Waals surface area contributed by atoms with E-state index in [9.17, 15) is 10.4 Å². The molecule has 0 aliphatic carbocycles. The molecule has 0 bridgehead atoms. The highest BCUT2D eigenvalue weighted by Crippen LogP contribution is 2.42. The fourth-order valence-corrected chi connectivity index (χ4v) is 3.20. The number of hydrogen-bond acceptors (Lipinski definition) is 3. The molecule has 0 saturated carbocycles. The van der Waals surface area contributed by atoms with Gasteiger partial charge in [-0.25, -0.2) is 0 Å². The molecule has 1 aliphatic rings. The highest BCUT2D eigenvalue weighted by Gasteiger charge is 2.36. The summed E-state index contributed by atoms with van der Waals surface area (Å²) in [5.74, 6) is 0.864. The van der Waals surface area contributed by atoms with Gasteiger partial charge >= 0.3 is 0 Å². The lowest BCUT2D eigenvalue weighted by Crippen LogP contribution is -2.32. The zero-order valence-electron chi connectivity index (χ0n) is 8.03. The van der Waals surface area contributed by atoms with Crippen molar-refractivity contribution in [2.45, 2.75) is 16.7 Å². The summed E-state index contributed by atoms with van der Waals surface area (Å²) in [6, 6.07) is 7.76. The van der Waals surface area contributed by atoms with E-state index in [0.29, 0.717) is 11.4 Å². The smallest absolute Gasteiger partial charge is 0.107 e. The van der Waals surface area contributed by atoms with Gasteiger partial charge < -0.3 is 5.11 Å². The number of nitrogens with zero attached hydrogens (tertiary/aromatic N) is 1. The van der Waals surface area contributed by atoms with Crippen LogP contribution in [0.15, 0.2) is 23.1 Å². The van der Waals surface area contributed by atoms with E-state index >= 15 is 0 Å². The van der Waals surface area contributed by atoms with Gasteiger partial charge in [-0.2, -0.15) is 5.26 Å². The van der Waals surface area contributed by atoms with E-state index in [2.05, 4.69) is 6.07 Å². The molecule has 1 aromatic carbocycles. The van der Waals surface area contributed by atoms with E-state index in [1.807, 2.05) is 12.1 Å². The van der Waals surface area contributed by atoms with Crippen molar-refractivity contribution in [3.05, 3.63) is 28.8 Å². The minimum Gasteiger partial charge on any atom is -0.394 e. The number of hydrogen-bond donors (Lipinski definition) is 1. The third-order valence-corrected chi connectivity index (χ3v) is 4.04. The topological polar surface area (TPSA) is 44.0 Å². The number of aliphatic hydroxyl groups excluding tert-OH is 1. The van der Waals surface area contributed by atoms with Gasteiger partial charge in [-0.3, -0.25) is 0 Å². The molecule has 78 valence electrons. The van der Waals surface area contributed by atoms with Crippen LogP contribution in [-0.2, 0) is 5.41 Å². The van der Waals surface area contributed by atoms with Crippen molar-refractivity contribution in [1.82, 2.24) is 0 Å². The van der Waals surface area contributed by atoms with E-state index in [1.54, 1.807) is 17.8 Å². The van der Waals surface area contributed by atoms with Gasteiger partial charge in [-0.15, -0.1) is 11.8 Å². The Kier molecular flexibility index (Phi) is 2.92. The van der Waals surface area contributed by atoms with Crippen LogP contribution in [0.3, 0.4) is 0 Å². The minimum absolute atomic E-state index is 0.141. The number of thioether (sulfide) groups is 1. The lowest BCUT2D eigenvalue weighted by atomic mass is 9.80. The molecule has 0 aromatic heterocycles. The molecule has 0 fully saturated rings. The minimum atomic E-state index is -0.758. The average molecular weight is 240 g/mol. The zero-order valence-corrected chi connectivity index (χ0v) is 9.61. The number of aliphatic hydroxyl groups is 1. The molecule has 1 N–H and O–H groups in total. The number of nitriles is 1. The first-order valence-corrected chi connectivity index (χ1v) is 6.03. The van der Waals surface area contributed by atoms with Crippen molar-refractivity contribution >= 4 is 23.4 Å². The molecular formula is C11H10ClNOS. The third kappa shape index (κ3) is 1.74. The second-order valence-electron chi connectivity index (χ2n) is 3.59. The Bertz CT molecular complexity index is 429. The van der Waals surface area contributed by atoms with Crippen LogP contribution in [0.4, 0.5) is 0 Å². The van der Waals surface area contributed by atoms with Crippen LogP contribution in [0.2, 0.25) is 5.02 Å². The van der Waals surface area contributed by atoms with Gasteiger partial charge in [0, 0.05) is 9.92 Å². The number of fused-ring (bicyclic) bond motifs is 1. The number of rotatable bonds is 1. The summed E-state index contributed by atoms with van der Waals surface area (Å²) in [7, 11) is 0. The Balaban J connectivity index is 2.59. The maximum atomic E-state index is 9.40. The van der Waals surface area contributed by atoms with Crippen molar-refractivity contribution in [3.8, 4) is 6.07 Å². The van der Waals surface area contributed by atoms with Crippen LogP contribution in [-0.4, -0.2) is 17.5 Å². The predicted molar refractivity (Wildman–Crippen MR) is 61.2 cm³/mol. The van der Waals surface area contributed by atoms with E-state index in [4.69, 9.17) is 11.6 Å². The molecule has 0 spiro atoms. The fourth-order valence-electron chi connectivity index (χ4n) is 1.79. The lowest BCUT2D eigenvalue weighted by molar-refractivity contribution is 0.223. The Morgan fingerprint density at radius 3 is 3.07 bits per heavy atom. The first-order valence-electron chi connectivity index (χ1n) is 4.67. The molecule has 0 saturated heterocycles. The van der Waals surface area contributed by atoms with Crippen molar-refractivity contribution < 1.29 is 5.11 Å². The van der Waals surface area contributed by atoms with E-state index < -0.39 is 5.41 Å². The van der Waals surface area contributed by atoms with Gasteiger partial charge in [0.15, 0.2) is 0 Å². The molecule has 4 heteroatoms. The molecule has 1 unspecified atom stereocenters. The molecule has 1 aromatic rings. The second kappa shape index (κ2) is 4.05. The summed E-state index contributed by atoms with van der Waals surface area (Å²) < 4.78 is 0. The summed E-state index contributed by atoms with van der Waals surface area (Å²) in [6.45, 7) is -0.141. The van der Waals surface area contributed by atoms with Crippen LogP contribution in [0.25, 0.3) is 0 Å². The normalized spacial score (nSPS) is 24.3. The van der Waals surface area contributed by atoms with Crippen molar-refractivity contribution in [2.75, 3.05) is 12.4 Å². The van der Waals surface area contributed by atoms with Crippen LogP contribution in [0.5, 0.6) is 0 Å². The maximum absolute atomic E-state index is 9.40. The molecule has 2 rings (SSSR count). The predicted octanol–water partition coefficient (Wildman–Crippen LogP) is 2.59. The molecule has 0 radical (unpaired) electrons. The van der Waals surface area contributed by atoms with E-state index in [0.717, 1.165) is 16.2 Å². The quantitative estimate of drug-likeness (QED) is 0.819. The summed E-state index contributed by atoms with van der Waals surface area (Å²) in [4.78, 5) is 1.06. The SMILES string of the molecule is N#CC1(CO)CCSc2ccc(Cl)cc21. The van der Waals surface area contributed by atoms with Gasteiger partial charge in [0.05, 0.1) is 12.7 Å². The molecular weight excluding hydrogens is 230 g/mol. The van der Waals surface area contributed by atoms with E-state index in [-0.39, 0.29) is 6.61 Å². The largest absolute Gasteiger partial charge is 0.394 e. The highest BCUT2D eigenvalue weighted by molar-refractivity contribution is 7.99. The van der Waals surface area contributed by atoms with Crippen LogP contribution in [0.1, 0.15) is 12.0 Å². The first-order chi connectivity index (χ1) is 7.22. The van der Waals surface area contributed by atoms with Crippen molar-refractivity contribution in [3.63, 3.8) is 0 Å². The zero-order chi connectivity index (χ0) is 10.9. The molecule has 0 amide bonds. The summed E-state index contributed by atoms with van der Waals surface area (Å²) in [6.07, 6.45) is 0.679. The highest BCUT2D eigenvalue weighted by atomic mass is 35.5. The maximum Gasteiger partial charge on any atom is 0.107 e. The Morgan fingerprint density at radius 2 is 2.40 bits per heavy atom. The second-order valence-corrected chi connectivity index (χ2v) is 5.16. The van der Waals surface area contributed by atoms with E-state index in [1.165, 1.54) is 0 Å². The van der Waals surface area contributed by atoms with Crippen LogP contribution in [0, 0.1) is 11.3 Å². The summed E-state index contributed by atoms with van der Waals surface area (Å²) in [5.41, 5.74) is 0.113. The van der Waals surface area contributed by atoms with Crippen molar-refractivity contribution in [2.24, 2.45) is 0 Å². The van der Waals surface area contributed by atoms with Crippen molar-refractivity contribution in [1.29, 1.82) is 5.26 Å². The lowest BCUT2D eigenvalue weighted by Gasteiger charge is -2.31. The first kappa shape index (κ1) is 10.8. The van der Waals surface area contributed by atoms with Gasteiger partial charge in [-0.05, 0) is 35.9 Å². The van der Waals surface area contributed by atoms with Gasteiger partial charge in [0.2, 0.25) is 0 Å². The number of benzene rings is 1. The molecule has 15 heavy (non-hydrogen) atoms. The van der Waals surface area contributed by atoms with Gasteiger partial charge in [0.1, 0.15) is 5.41 Å².